The molecule has 0 radical (unpaired) electrons. The molecule has 2 aromatic carbocycles. The first-order valence-electron chi connectivity index (χ1n) is 7.59. The molecule has 3 aromatic rings. The van der Waals surface area contributed by atoms with Gasteiger partial charge < -0.3 is 5.32 Å². The Balaban J connectivity index is 1.53. The molecule has 0 spiro atoms. The van der Waals surface area contributed by atoms with Crippen LogP contribution in [0, 0.1) is 0 Å². The van der Waals surface area contributed by atoms with E-state index < -0.39 is 0 Å². The largest absolute Gasteiger partial charge is 0.325 e. The highest BCUT2D eigenvalue weighted by Gasteiger charge is 2.13. The Hall–Kier alpha value is -1.94. The van der Waals surface area contributed by atoms with Crippen molar-refractivity contribution >= 4 is 73.3 Å². The molecule has 0 bridgehead atoms. The van der Waals surface area contributed by atoms with Gasteiger partial charge in [-0.1, -0.05) is 52.9 Å². The second-order valence-electron chi connectivity index (χ2n) is 5.15. The number of rotatable bonds is 6. The second kappa shape index (κ2) is 9.32. The van der Waals surface area contributed by atoms with Crippen LogP contribution in [-0.4, -0.2) is 27.8 Å². The number of benzene rings is 2. The first-order valence-corrected chi connectivity index (χ1v) is 10.6. The van der Waals surface area contributed by atoms with E-state index in [9.17, 15) is 9.59 Å². The maximum Gasteiger partial charge on any atom is 0.258 e. The summed E-state index contributed by atoms with van der Waals surface area (Å²) in [5, 5.41) is 14.3. The van der Waals surface area contributed by atoms with Crippen molar-refractivity contribution in [1.29, 1.82) is 0 Å². The molecule has 138 valence electrons. The molecule has 1 aromatic heterocycles. The quantitative estimate of drug-likeness (QED) is 0.383. The fraction of sp³-hybridized carbons (Fsp3) is 0.0588. The minimum absolute atomic E-state index is 0.166. The lowest BCUT2D eigenvalue weighted by atomic mass is 10.2. The number of carbonyl (C=O) groups excluding carboxylic acids is 2. The number of thioether (sulfide) groups is 1. The normalized spacial score (nSPS) is 10.4. The summed E-state index contributed by atoms with van der Waals surface area (Å²) in [6, 6.07) is 14.0. The van der Waals surface area contributed by atoms with E-state index in [2.05, 4.69) is 36.8 Å². The van der Waals surface area contributed by atoms with Gasteiger partial charge >= 0.3 is 0 Å². The summed E-state index contributed by atoms with van der Waals surface area (Å²) in [4.78, 5) is 24.3. The third kappa shape index (κ3) is 5.77. The van der Waals surface area contributed by atoms with Crippen molar-refractivity contribution < 1.29 is 9.59 Å². The number of nitrogens with zero attached hydrogens (tertiary/aromatic N) is 2. The van der Waals surface area contributed by atoms with Crippen molar-refractivity contribution in [1.82, 2.24) is 10.2 Å². The molecule has 0 aliphatic carbocycles. The Kier molecular flexibility index (Phi) is 6.84. The molecule has 0 aliphatic heterocycles. The summed E-state index contributed by atoms with van der Waals surface area (Å²) >= 11 is 11.7. The van der Waals surface area contributed by atoms with Gasteiger partial charge in [-0.2, -0.15) is 0 Å². The van der Waals surface area contributed by atoms with Gasteiger partial charge in [-0.15, -0.1) is 10.2 Å². The standard InChI is InChI=1S/C17H12BrClN4O2S2/c18-13-7-2-1-6-12(13)15(25)21-16-22-23-17(27-16)26-9-14(24)20-11-5-3-4-10(19)8-11/h1-8H,9H2,(H,20,24)(H,21,22,25). The summed E-state index contributed by atoms with van der Waals surface area (Å²) < 4.78 is 1.28. The molecule has 0 aliphatic rings. The van der Waals surface area contributed by atoms with Crippen LogP contribution < -0.4 is 10.6 Å². The van der Waals surface area contributed by atoms with E-state index in [0.717, 1.165) is 0 Å². The smallest absolute Gasteiger partial charge is 0.258 e. The highest BCUT2D eigenvalue weighted by atomic mass is 79.9. The minimum Gasteiger partial charge on any atom is -0.325 e. The maximum absolute atomic E-state index is 12.3. The monoisotopic (exact) mass is 482 g/mol. The van der Waals surface area contributed by atoms with Crippen molar-refractivity contribution in [2.24, 2.45) is 0 Å². The lowest BCUT2D eigenvalue weighted by molar-refractivity contribution is -0.113. The van der Waals surface area contributed by atoms with Crippen LogP contribution in [0.2, 0.25) is 5.02 Å². The van der Waals surface area contributed by atoms with Crippen LogP contribution >= 0.6 is 50.6 Å². The number of nitrogens with one attached hydrogen (secondary N) is 2. The summed E-state index contributed by atoms with van der Waals surface area (Å²) in [5.41, 5.74) is 1.13. The maximum atomic E-state index is 12.3. The Morgan fingerprint density at radius 2 is 1.93 bits per heavy atom. The molecule has 0 atom stereocenters. The van der Waals surface area contributed by atoms with Crippen molar-refractivity contribution in [3.63, 3.8) is 0 Å². The van der Waals surface area contributed by atoms with E-state index in [1.807, 2.05) is 6.07 Å². The molecule has 2 amide bonds. The number of aromatic nitrogens is 2. The number of amides is 2. The Bertz CT molecular complexity index is 983. The second-order valence-corrected chi connectivity index (χ2v) is 8.65. The molecule has 0 saturated carbocycles. The van der Waals surface area contributed by atoms with Crippen LogP contribution in [0.15, 0.2) is 57.3 Å². The van der Waals surface area contributed by atoms with Gasteiger partial charge in [-0.3, -0.25) is 14.9 Å². The molecule has 2 N–H and O–H groups in total. The zero-order chi connectivity index (χ0) is 19.2. The summed E-state index contributed by atoms with van der Waals surface area (Å²) in [5.74, 6) is -0.301. The molecule has 3 rings (SSSR count). The Morgan fingerprint density at radius 3 is 2.70 bits per heavy atom. The van der Waals surface area contributed by atoms with Crippen LogP contribution in [0.5, 0.6) is 0 Å². The molecular formula is C17H12BrClN4O2S2. The van der Waals surface area contributed by atoms with Gasteiger partial charge in [0.1, 0.15) is 0 Å². The first kappa shape index (κ1) is 19.8. The average Bonchev–Trinajstić information content (AvgIpc) is 3.08. The molecule has 0 fully saturated rings. The zero-order valence-corrected chi connectivity index (χ0v) is 17.6. The van der Waals surface area contributed by atoms with Crippen LogP contribution in [-0.2, 0) is 4.79 Å². The predicted octanol–water partition coefficient (Wildman–Crippen LogP) is 4.94. The predicted molar refractivity (Wildman–Crippen MR) is 113 cm³/mol. The van der Waals surface area contributed by atoms with E-state index in [1.54, 1.807) is 42.5 Å². The molecular weight excluding hydrogens is 472 g/mol. The Morgan fingerprint density at radius 1 is 1.11 bits per heavy atom. The number of hydrogen-bond acceptors (Lipinski definition) is 6. The Labute approximate surface area is 176 Å². The van der Waals surface area contributed by atoms with Gasteiger partial charge in [0.2, 0.25) is 11.0 Å². The van der Waals surface area contributed by atoms with Crippen molar-refractivity contribution in [3.05, 3.63) is 63.6 Å². The van der Waals surface area contributed by atoms with Gasteiger partial charge in [-0.25, -0.2) is 0 Å². The average molecular weight is 484 g/mol. The van der Waals surface area contributed by atoms with Crippen molar-refractivity contribution in [3.8, 4) is 0 Å². The summed E-state index contributed by atoms with van der Waals surface area (Å²) in [6.07, 6.45) is 0. The fourth-order valence-corrected chi connectivity index (χ4v) is 4.22. The van der Waals surface area contributed by atoms with Crippen LogP contribution in [0.1, 0.15) is 10.4 Å². The number of anilines is 2. The molecule has 0 saturated heterocycles. The van der Waals surface area contributed by atoms with Gasteiger partial charge in [-0.05, 0) is 46.3 Å². The van der Waals surface area contributed by atoms with Crippen molar-refractivity contribution in [2.75, 3.05) is 16.4 Å². The van der Waals surface area contributed by atoms with Crippen molar-refractivity contribution in [2.45, 2.75) is 4.34 Å². The third-order valence-corrected chi connectivity index (χ3v) is 6.08. The summed E-state index contributed by atoms with van der Waals surface area (Å²) in [6.45, 7) is 0. The molecule has 27 heavy (non-hydrogen) atoms. The minimum atomic E-state index is -0.283. The van der Waals surface area contributed by atoms with Crippen LogP contribution in [0.25, 0.3) is 0 Å². The SMILES string of the molecule is O=C(CSc1nnc(NC(=O)c2ccccc2Br)s1)Nc1cccc(Cl)c1. The lowest BCUT2D eigenvalue weighted by Crippen LogP contribution is -2.13. The van der Waals surface area contributed by atoms with Crippen LogP contribution in [0.4, 0.5) is 10.8 Å². The number of carbonyl (C=O) groups is 2. The van der Waals surface area contributed by atoms with E-state index in [-0.39, 0.29) is 17.6 Å². The van der Waals surface area contributed by atoms with Gasteiger partial charge in [0, 0.05) is 15.2 Å². The van der Waals surface area contributed by atoms with E-state index in [0.29, 0.717) is 30.2 Å². The highest BCUT2D eigenvalue weighted by Crippen LogP contribution is 2.26. The van der Waals surface area contributed by atoms with Gasteiger partial charge in [0.05, 0.1) is 11.3 Å². The first-order chi connectivity index (χ1) is 13.0. The molecule has 1 heterocycles. The summed E-state index contributed by atoms with van der Waals surface area (Å²) in [7, 11) is 0. The molecule has 10 heteroatoms. The molecule has 6 nitrogen and oxygen atoms in total. The fourth-order valence-electron chi connectivity index (χ4n) is 2.02. The van der Waals surface area contributed by atoms with E-state index >= 15 is 0 Å². The van der Waals surface area contributed by atoms with Gasteiger partial charge in [0.25, 0.3) is 5.91 Å². The number of hydrogen-bond donors (Lipinski definition) is 2. The third-order valence-electron chi connectivity index (χ3n) is 3.18. The van der Waals surface area contributed by atoms with Crippen LogP contribution in [0.3, 0.4) is 0 Å². The van der Waals surface area contributed by atoms with Gasteiger partial charge in [0.15, 0.2) is 4.34 Å². The number of halogens is 2. The topological polar surface area (TPSA) is 84.0 Å². The lowest BCUT2D eigenvalue weighted by Gasteiger charge is -2.04. The zero-order valence-electron chi connectivity index (χ0n) is 13.6. The van der Waals surface area contributed by atoms with E-state index in [1.165, 1.54) is 23.1 Å². The highest BCUT2D eigenvalue weighted by molar-refractivity contribution is 9.10. The van der Waals surface area contributed by atoms with E-state index in [4.69, 9.17) is 11.6 Å². The molecule has 0 unspecified atom stereocenters.